The van der Waals surface area contributed by atoms with Crippen LogP contribution in [0.4, 0.5) is 0 Å². The highest BCUT2D eigenvalue weighted by molar-refractivity contribution is 7.09. The molecular formula is C14H18ClNS. The van der Waals surface area contributed by atoms with Gasteiger partial charge < -0.3 is 12.4 Å². The topological polar surface area (TPSA) is 3.88 Å². The van der Waals surface area contributed by atoms with Crippen molar-refractivity contribution in [2.75, 3.05) is 0 Å². The average molecular weight is 268 g/mol. The molecule has 3 heteroatoms. The van der Waals surface area contributed by atoms with E-state index in [4.69, 9.17) is 0 Å². The molecule has 0 bridgehead atoms. The molecular weight excluding hydrogens is 250 g/mol. The minimum atomic E-state index is 0. The zero-order valence-electron chi connectivity index (χ0n) is 11.0. The third-order valence-electron chi connectivity index (χ3n) is 3.08. The van der Waals surface area contributed by atoms with E-state index in [1.807, 2.05) is 11.3 Å². The van der Waals surface area contributed by atoms with Crippen molar-refractivity contribution >= 4 is 11.3 Å². The number of aromatic nitrogens is 1. The molecule has 0 saturated heterocycles. The predicted octanol–water partition coefficient (Wildman–Crippen LogP) is 0.571. The van der Waals surface area contributed by atoms with E-state index in [-0.39, 0.29) is 12.4 Å². The van der Waals surface area contributed by atoms with Crippen LogP contribution in [-0.4, -0.2) is 0 Å². The normalized spacial score (nSPS) is 10.2. The number of nitrogens with zero attached hydrogens (tertiary/aromatic N) is 1. The van der Waals surface area contributed by atoms with Crippen LogP contribution in [0.2, 0.25) is 0 Å². The molecule has 0 radical (unpaired) electrons. The fraction of sp³-hybridized carbons (Fsp3) is 0.357. The van der Waals surface area contributed by atoms with Gasteiger partial charge in [-0.25, -0.2) is 0 Å². The Bertz CT molecular complexity index is 520. The van der Waals surface area contributed by atoms with E-state index in [1.165, 1.54) is 32.9 Å². The van der Waals surface area contributed by atoms with Crippen LogP contribution in [0, 0.1) is 34.6 Å². The Morgan fingerprint density at radius 2 is 1.47 bits per heavy atom. The van der Waals surface area contributed by atoms with Gasteiger partial charge in [-0.3, -0.25) is 0 Å². The van der Waals surface area contributed by atoms with Crippen LogP contribution >= 0.6 is 11.3 Å². The zero-order valence-corrected chi connectivity index (χ0v) is 12.5. The van der Waals surface area contributed by atoms with Crippen molar-refractivity contribution < 1.29 is 17.0 Å². The second kappa shape index (κ2) is 5.19. The Hall–Kier alpha value is -0.860. The van der Waals surface area contributed by atoms with Gasteiger partial charge >= 0.3 is 0 Å². The summed E-state index contributed by atoms with van der Waals surface area (Å²) >= 11 is 1.81. The van der Waals surface area contributed by atoms with Crippen LogP contribution < -0.4 is 17.0 Å². The van der Waals surface area contributed by atoms with Crippen molar-refractivity contribution in [1.29, 1.82) is 0 Å². The fourth-order valence-corrected chi connectivity index (χ4v) is 3.03. The molecule has 0 unspecified atom stereocenters. The summed E-state index contributed by atoms with van der Waals surface area (Å²) in [5.41, 5.74) is 8.93. The maximum Gasteiger partial charge on any atom is 0.231 e. The Morgan fingerprint density at radius 3 is 1.88 bits per heavy atom. The molecule has 0 amide bonds. The summed E-state index contributed by atoms with van der Waals surface area (Å²) < 4.78 is 2.31. The summed E-state index contributed by atoms with van der Waals surface area (Å²) in [5.74, 6) is 0. The summed E-state index contributed by atoms with van der Waals surface area (Å²) in [6.45, 7) is 10.9. The van der Waals surface area contributed by atoms with Gasteiger partial charge in [0.25, 0.3) is 0 Å². The number of benzene rings is 1. The Kier molecular flexibility index (Phi) is 4.34. The molecule has 1 aromatic heterocycles. The lowest BCUT2D eigenvalue weighted by atomic mass is 10.0. The molecule has 0 aliphatic heterocycles. The molecule has 1 heterocycles. The number of halogens is 1. The summed E-state index contributed by atoms with van der Waals surface area (Å²) in [6, 6.07) is 4.50. The number of aryl methyl sites for hydroxylation is 4. The zero-order chi connectivity index (χ0) is 11.9. The van der Waals surface area contributed by atoms with Gasteiger partial charge in [-0.2, -0.15) is 4.57 Å². The van der Waals surface area contributed by atoms with Crippen molar-refractivity contribution in [2.24, 2.45) is 0 Å². The summed E-state index contributed by atoms with van der Waals surface area (Å²) in [4.78, 5) is 1.39. The molecule has 0 aliphatic rings. The number of rotatable bonds is 1. The molecule has 0 spiro atoms. The molecule has 92 valence electrons. The van der Waals surface area contributed by atoms with E-state index < -0.39 is 0 Å². The van der Waals surface area contributed by atoms with Crippen LogP contribution in [0.5, 0.6) is 0 Å². The first kappa shape index (κ1) is 14.2. The third kappa shape index (κ3) is 2.53. The summed E-state index contributed by atoms with van der Waals surface area (Å²) in [6.07, 6.45) is 0. The van der Waals surface area contributed by atoms with Gasteiger partial charge in [0, 0.05) is 18.1 Å². The van der Waals surface area contributed by atoms with E-state index in [2.05, 4.69) is 56.8 Å². The third-order valence-corrected chi connectivity index (χ3v) is 4.05. The van der Waals surface area contributed by atoms with Gasteiger partial charge in [0.05, 0.1) is 4.88 Å². The maximum atomic E-state index is 2.31. The monoisotopic (exact) mass is 267 g/mol. The molecule has 0 N–H and O–H groups in total. The van der Waals surface area contributed by atoms with Crippen molar-refractivity contribution in [3.05, 3.63) is 44.9 Å². The minimum absolute atomic E-state index is 0. The van der Waals surface area contributed by atoms with Crippen LogP contribution in [0.25, 0.3) is 5.69 Å². The average Bonchev–Trinajstić information content (AvgIpc) is 2.48. The van der Waals surface area contributed by atoms with Crippen molar-refractivity contribution in [1.82, 2.24) is 0 Å². The first-order valence-electron chi connectivity index (χ1n) is 5.55. The molecule has 0 atom stereocenters. The molecule has 2 rings (SSSR count). The van der Waals surface area contributed by atoms with Crippen molar-refractivity contribution in [2.45, 2.75) is 34.6 Å². The lowest BCUT2D eigenvalue weighted by molar-refractivity contribution is -0.598. The largest absolute Gasteiger partial charge is 1.00 e. The molecule has 0 fully saturated rings. The SMILES string of the molecule is Cc1cc(C)c(-[n+]2csc(C)c2C)c(C)c1.[Cl-]. The standard InChI is InChI=1S/C14H18NS.ClH/c1-9-6-10(2)14(11(3)7-9)15-8-16-13(5)12(15)4;/h6-8H,1-5H3;1H/q+1;/p-1. The van der Waals surface area contributed by atoms with E-state index in [9.17, 15) is 0 Å². The molecule has 2 aromatic rings. The molecule has 1 aromatic carbocycles. The second-order valence-corrected chi connectivity index (χ2v) is 5.54. The second-order valence-electron chi connectivity index (χ2n) is 4.48. The van der Waals surface area contributed by atoms with Crippen LogP contribution in [0.1, 0.15) is 27.3 Å². The highest BCUT2D eigenvalue weighted by atomic mass is 35.5. The first-order valence-corrected chi connectivity index (χ1v) is 6.43. The molecule has 17 heavy (non-hydrogen) atoms. The minimum Gasteiger partial charge on any atom is -1.00 e. The lowest BCUT2D eigenvalue weighted by Gasteiger charge is -2.05. The molecule has 0 aliphatic carbocycles. The lowest BCUT2D eigenvalue weighted by Crippen LogP contribution is -3.00. The number of thiazole rings is 1. The quantitative estimate of drug-likeness (QED) is 0.666. The Balaban J connectivity index is 0.00000144. The highest BCUT2D eigenvalue weighted by Gasteiger charge is 2.19. The number of hydrogen-bond donors (Lipinski definition) is 0. The van der Waals surface area contributed by atoms with Gasteiger partial charge in [0.1, 0.15) is 0 Å². The van der Waals surface area contributed by atoms with Gasteiger partial charge in [-0.15, -0.1) is 0 Å². The van der Waals surface area contributed by atoms with Gasteiger partial charge in [-0.1, -0.05) is 16.9 Å². The Labute approximate surface area is 114 Å². The van der Waals surface area contributed by atoms with Crippen LogP contribution in [-0.2, 0) is 0 Å². The van der Waals surface area contributed by atoms with Gasteiger partial charge in [0.2, 0.25) is 11.2 Å². The first-order chi connectivity index (χ1) is 7.50. The summed E-state index contributed by atoms with van der Waals surface area (Å²) in [7, 11) is 0. The van der Waals surface area contributed by atoms with E-state index in [0.717, 1.165) is 0 Å². The fourth-order valence-electron chi connectivity index (χ4n) is 2.24. The van der Waals surface area contributed by atoms with Crippen LogP contribution in [0.15, 0.2) is 17.6 Å². The molecule has 0 saturated carbocycles. The van der Waals surface area contributed by atoms with Crippen LogP contribution in [0.3, 0.4) is 0 Å². The van der Waals surface area contributed by atoms with E-state index in [0.29, 0.717) is 0 Å². The van der Waals surface area contributed by atoms with E-state index >= 15 is 0 Å². The van der Waals surface area contributed by atoms with Gasteiger partial charge in [-0.05, 0) is 39.8 Å². The molecule has 1 nitrogen and oxygen atoms in total. The smallest absolute Gasteiger partial charge is 0.231 e. The van der Waals surface area contributed by atoms with Crippen molar-refractivity contribution in [3.63, 3.8) is 0 Å². The van der Waals surface area contributed by atoms with Crippen molar-refractivity contribution in [3.8, 4) is 5.69 Å². The Morgan fingerprint density at radius 1 is 0.941 bits per heavy atom. The summed E-state index contributed by atoms with van der Waals surface area (Å²) in [5, 5.41) is 0. The number of hydrogen-bond acceptors (Lipinski definition) is 1. The highest BCUT2D eigenvalue weighted by Crippen LogP contribution is 2.19. The van der Waals surface area contributed by atoms with E-state index in [1.54, 1.807) is 0 Å². The van der Waals surface area contributed by atoms with Gasteiger partial charge in [0.15, 0.2) is 5.69 Å². The predicted molar refractivity (Wildman–Crippen MR) is 69.5 cm³/mol. The maximum absolute atomic E-state index is 2.31.